The van der Waals surface area contributed by atoms with Crippen LogP contribution in [-0.2, 0) is 11.2 Å². The van der Waals surface area contributed by atoms with Gasteiger partial charge < -0.3 is 5.32 Å². The SMILES string of the molecule is CC(C)Cc1nc(S[C@@H](C)C(=O)Nc2ccc(Cl)cc2)n[nH]1. The Bertz CT molecular complexity index is 627. The number of benzene rings is 1. The largest absolute Gasteiger partial charge is 0.325 e. The van der Waals surface area contributed by atoms with E-state index in [1.807, 2.05) is 6.92 Å². The summed E-state index contributed by atoms with van der Waals surface area (Å²) >= 11 is 7.15. The van der Waals surface area contributed by atoms with Gasteiger partial charge in [-0.2, -0.15) is 0 Å². The molecule has 1 atom stereocenters. The van der Waals surface area contributed by atoms with Crippen LogP contribution in [0, 0.1) is 5.92 Å². The fourth-order valence-electron chi connectivity index (χ4n) is 1.80. The number of carbonyl (C=O) groups is 1. The van der Waals surface area contributed by atoms with Crippen LogP contribution in [0.25, 0.3) is 0 Å². The Morgan fingerprint density at radius 2 is 2.00 bits per heavy atom. The van der Waals surface area contributed by atoms with Crippen molar-refractivity contribution in [1.29, 1.82) is 0 Å². The minimum atomic E-state index is -0.293. The Kier molecular flexibility index (Phi) is 5.85. The zero-order chi connectivity index (χ0) is 16.1. The molecular weight excluding hydrogens is 320 g/mol. The van der Waals surface area contributed by atoms with E-state index in [4.69, 9.17) is 11.6 Å². The van der Waals surface area contributed by atoms with Crippen LogP contribution in [0.1, 0.15) is 26.6 Å². The molecule has 5 nitrogen and oxygen atoms in total. The molecule has 7 heteroatoms. The van der Waals surface area contributed by atoms with Gasteiger partial charge in [-0.1, -0.05) is 37.2 Å². The molecule has 0 aliphatic rings. The number of amides is 1. The van der Waals surface area contributed by atoms with Gasteiger partial charge in [0.1, 0.15) is 5.82 Å². The number of nitrogens with zero attached hydrogens (tertiary/aromatic N) is 2. The van der Waals surface area contributed by atoms with Crippen molar-refractivity contribution < 1.29 is 4.79 Å². The molecule has 0 saturated carbocycles. The molecule has 2 N–H and O–H groups in total. The van der Waals surface area contributed by atoms with Gasteiger partial charge in [-0.3, -0.25) is 9.89 Å². The monoisotopic (exact) mass is 338 g/mol. The zero-order valence-corrected chi connectivity index (χ0v) is 14.3. The second kappa shape index (κ2) is 7.65. The number of thioether (sulfide) groups is 1. The van der Waals surface area contributed by atoms with E-state index in [0.717, 1.165) is 17.9 Å². The first-order valence-corrected chi connectivity index (χ1v) is 8.34. The molecule has 2 aromatic rings. The molecule has 0 spiro atoms. The number of aromatic amines is 1. The molecule has 1 amide bonds. The molecule has 1 heterocycles. The molecular formula is C15H19ClN4OS. The summed E-state index contributed by atoms with van der Waals surface area (Å²) in [5.41, 5.74) is 0.720. The van der Waals surface area contributed by atoms with E-state index >= 15 is 0 Å². The molecule has 0 aliphatic carbocycles. The van der Waals surface area contributed by atoms with E-state index < -0.39 is 0 Å². The lowest BCUT2D eigenvalue weighted by atomic mass is 10.1. The smallest absolute Gasteiger partial charge is 0.237 e. The number of hydrogen-bond donors (Lipinski definition) is 2. The lowest BCUT2D eigenvalue weighted by molar-refractivity contribution is -0.115. The summed E-state index contributed by atoms with van der Waals surface area (Å²) in [5, 5.41) is 10.8. The van der Waals surface area contributed by atoms with Crippen molar-refractivity contribution in [2.75, 3.05) is 5.32 Å². The number of halogens is 1. The van der Waals surface area contributed by atoms with Crippen LogP contribution in [0.3, 0.4) is 0 Å². The lowest BCUT2D eigenvalue weighted by Crippen LogP contribution is -2.22. The van der Waals surface area contributed by atoms with E-state index in [-0.39, 0.29) is 11.2 Å². The molecule has 118 valence electrons. The van der Waals surface area contributed by atoms with Gasteiger partial charge >= 0.3 is 0 Å². The summed E-state index contributed by atoms with van der Waals surface area (Å²) in [6.45, 7) is 6.07. The molecule has 22 heavy (non-hydrogen) atoms. The first kappa shape index (κ1) is 16.8. The minimum absolute atomic E-state index is 0.0949. The summed E-state index contributed by atoms with van der Waals surface area (Å²) in [6.07, 6.45) is 0.846. The summed E-state index contributed by atoms with van der Waals surface area (Å²) < 4.78 is 0. The van der Waals surface area contributed by atoms with Gasteiger partial charge in [0.2, 0.25) is 11.1 Å². The van der Waals surface area contributed by atoms with Crippen molar-refractivity contribution in [1.82, 2.24) is 15.2 Å². The first-order chi connectivity index (χ1) is 10.4. The normalized spacial score (nSPS) is 12.4. The number of aromatic nitrogens is 3. The molecule has 1 aromatic heterocycles. The third-order valence-corrected chi connectivity index (χ3v) is 4.09. The van der Waals surface area contributed by atoms with Gasteiger partial charge in [0, 0.05) is 17.1 Å². The van der Waals surface area contributed by atoms with Gasteiger partial charge in [0.25, 0.3) is 0 Å². The highest BCUT2D eigenvalue weighted by atomic mass is 35.5. The molecule has 1 aromatic carbocycles. The maximum atomic E-state index is 12.2. The Morgan fingerprint density at radius 1 is 1.32 bits per heavy atom. The lowest BCUT2D eigenvalue weighted by Gasteiger charge is -2.10. The standard InChI is InChI=1S/C15H19ClN4OS/c1-9(2)8-13-18-15(20-19-13)22-10(3)14(21)17-12-6-4-11(16)5-7-12/h4-7,9-10H,8H2,1-3H3,(H,17,21)(H,18,19,20)/t10-/m0/s1. The van der Waals surface area contributed by atoms with Crippen molar-refractivity contribution in [3.8, 4) is 0 Å². The average Bonchev–Trinajstić information content (AvgIpc) is 2.87. The van der Waals surface area contributed by atoms with Crippen LogP contribution in [0.15, 0.2) is 29.4 Å². The van der Waals surface area contributed by atoms with Crippen LogP contribution in [0.5, 0.6) is 0 Å². The van der Waals surface area contributed by atoms with E-state index in [0.29, 0.717) is 16.1 Å². The fourth-order valence-corrected chi connectivity index (χ4v) is 2.67. The topological polar surface area (TPSA) is 70.7 Å². The van der Waals surface area contributed by atoms with Gasteiger partial charge in [-0.05, 0) is 37.1 Å². The van der Waals surface area contributed by atoms with Crippen LogP contribution in [-0.4, -0.2) is 26.3 Å². The number of nitrogens with one attached hydrogen (secondary N) is 2. The fraction of sp³-hybridized carbons (Fsp3) is 0.400. The van der Waals surface area contributed by atoms with Gasteiger partial charge in [0.05, 0.1) is 5.25 Å². The molecule has 0 radical (unpaired) electrons. The Morgan fingerprint density at radius 3 is 2.64 bits per heavy atom. The third kappa shape index (κ3) is 5.03. The predicted octanol–water partition coefficient (Wildman–Crippen LogP) is 3.78. The van der Waals surface area contributed by atoms with Crippen LogP contribution in [0.4, 0.5) is 5.69 Å². The maximum Gasteiger partial charge on any atom is 0.237 e. The summed E-state index contributed by atoms with van der Waals surface area (Å²) in [6, 6.07) is 7.02. The van der Waals surface area contributed by atoms with Gasteiger partial charge in [0.15, 0.2) is 0 Å². The van der Waals surface area contributed by atoms with Crippen molar-refractivity contribution in [3.05, 3.63) is 35.1 Å². The van der Waals surface area contributed by atoms with Crippen LogP contribution >= 0.6 is 23.4 Å². The van der Waals surface area contributed by atoms with Gasteiger partial charge in [-0.25, -0.2) is 4.98 Å². The number of hydrogen-bond acceptors (Lipinski definition) is 4. The van der Waals surface area contributed by atoms with Crippen molar-refractivity contribution >= 4 is 35.0 Å². The zero-order valence-electron chi connectivity index (χ0n) is 12.8. The third-order valence-electron chi connectivity index (χ3n) is 2.88. The second-order valence-corrected chi connectivity index (χ2v) is 7.16. The highest BCUT2D eigenvalue weighted by Gasteiger charge is 2.17. The number of carbonyl (C=O) groups excluding carboxylic acids is 1. The Labute approximate surface area is 139 Å². The summed E-state index contributed by atoms with van der Waals surface area (Å²) in [4.78, 5) is 16.5. The molecule has 0 unspecified atom stereocenters. The average molecular weight is 339 g/mol. The predicted molar refractivity (Wildman–Crippen MR) is 90.3 cm³/mol. The number of H-pyrrole nitrogens is 1. The first-order valence-electron chi connectivity index (χ1n) is 7.08. The van der Waals surface area contributed by atoms with Crippen molar-refractivity contribution in [2.45, 2.75) is 37.6 Å². The van der Waals surface area contributed by atoms with E-state index in [1.54, 1.807) is 24.3 Å². The Balaban J connectivity index is 1.90. The van der Waals surface area contributed by atoms with Crippen molar-refractivity contribution in [3.63, 3.8) is 0 Å². The molecule has 0 bridgehead atoms. The molecule has 0 fully saturated rings. The second-order valence-electron chi connectivity index (χ2n) is 5.42. The van der Waals surface area contributed by atoms with E-state index in [1.165, 1.54) is 11.8 Å². The quantitative estimate of drug-likeness (QED) is 0.786. The summed E-state index contributed by atoms with van der Waals surface area (Å²) in [5.74, 6) is 1.27. The highest BCUT2D eigenvalue weighted by Crippen LogP contribution is 2.21. The molecule has 0 aliphatic heterocycles. The summed E-state index contributed by atoms with van der Waals surface area (Å²) in [7, 11) is 0. The van der Waals surface area contributed by atoms with Crippen LogP contribution in [0.2, 0.25) is 5.02 Å². The number of anilines is 1. The van der Waals surface area contributed by atoms with E-state index in [2.05, 4.69) is 34.3 Å². The molecule has 0 saturated heterocycles. The number of rotatable bonds is 6. The Hall–Kier alpha value is -1.53. The minimum Gasteiger partial charge on any atom is -0.325 e. The van der Waals surface area contributed by atoms with Gasteiger partial charge in [-0.15, -0.1) is 5.10 Å². The van der Waals surface area contributed by atoms with Crippen molar-refractivity contribution in [2.24, 2.45) is 5.92 Å². The van der Waals surface area contributed by atoms with E-state index in [9.17, 15) is 4.79 Å². The van der Waals surface area contributed by atoms with Crippen LogP contribution < -0.4 is 5.32 Å². The highest BCUT2D eigenvalue weighted by molar-refractivity contribution is 8.00. The molecule has 2 rings (SSSR count). The maximum absolute atomic E-state index is 12.2.